The van der Waals surface area contributed by atoms with Gasteiger partial charge in [0.25, 0.3) is 6.01 Å². The third kappa shape index (κ3) is 4.64. The van der Waals surface area contributed by atoms with E-state index in [0.29, 0.717) is 29.7 Å². The van der Waals surface area contributed by atoms with Crippen LogP contribution in [-0.2, 0) is 14.6 Å². The molecule has 0 aliphatic carbocycles. The number of nitrogens with zero attached hydrogens (tertiary/aromatic N) is 3. The van der Waals surface area contributed by atoms with Gasteiger partial charge >= 0.3 is 6.09 Å². The van der Waals surface area contributed by atoms with Crippen molar-refractivity contribution in [2.24, 2.45) is 0 Å². The van der Waals surface area contributed by atoms with E-state index in [1.54, 1.807) is 4.90 Å². The number of carbonyl (C=O) groups excluding carboxylic acids is 1. The van der Waals surface area contributed by atoms with Gasteiger partial charge in [-0.25, -0.2) is 13.2 Å². The highest BCUT2D eigenvalue weighted by Crippen LogP contribution is 2.38. The molecule has 160 valence electrons. The van der Waals surface area contributed by atoms with E-state index < -0.39 is 15.4 Å². The van der Waals surface area contributed by atoms with Crippen molar-refractivity contribution >= 4 is 60.6 Å². The zero-order chi connectivity index (χ0) is 21.7. The first-order valence-electron chi connectivity index (χ1n) is 9.01. The summed E-state index contributed by atoms with van der Waals surface area (Å²) in [6.07, 6.45) is 0.716. The second kappa shape index (κ2) is 7.63. The minimum atomic E-state index is -3.61. The summed E-state index contributed by atoms with van der Waals surface area (Å²) in [7, 11) is -3.61. The normalized spacial score (nSPS) is 18.4. The van der Waals surface area contributed by atoms with Gasteiger partial charge in [0.15, 0.2) is 15.4 Å². The van der Waals surface area contributed by atoms with Crippen LogP contribution in [0.2, 0.25) is 5.02 Å². The maximum Gasteiger partial charge on any atom is 0.410 e. The van der Waals surface area contributed by atoms with E-state index in [4.69, 9.17) is 20.8 Å². The van der Waals surface area contributed by atoms with E-state index in [1.807, 2.05) is 32.6 Å². The van der Waals surface area contributed by atoms with Crippen molar-refractivity contribution in [1.82, 2.24) is 9.88 Å². The summed E-state index contributed by atoms with van der Waals surface area (Å²) < 4.78 is 36.3. The largest absolute Gasteiger partial charge is 0.444 e. The number of rotatable bonds is 2. The van der Waals surface area contributed by atoms with Crippen LogP contribution in [0.3, 0.4) is 0 Å². The Hall–Kier alpha value is -1.52. The fraction of sp³-hybridized carbons (Fsp3) is 0.556. The highest BCUT2D eigenvalue weighted by molar-refractivity contribution is 9.10. The maximum atomic E-state index is 12.3. The minimum absolute atomic E-state index is 0.0626. The second-order valence-corrected chi connectivity index (χ2v) is 11.3. The van der Waals surface area contributed by atoms with Gasteiger partial charge in [-0.05, 0) is 49.7 Å². The van der Waals surface area contributed by atoms with Gasteiger partial charge in [0.05, 0.1) is 9.50 Å². The molecule has 0 N–H and O–H groups in total. The van der Waals surface area contributed by atoms with Crippen molar-refractivity contribution in [3.63, 3.8) is 0 Å². The number of fused-ring (bicyclic) bond motifs is 1. The first-order valence-corrected chi connectivity index (χ1v) is 12.1. The number of hydrogen-bond donors (Lipinski definition) is 0. The zero-order valence-electron chi connectivity index (χ0n) is 16.8. The summed E-state index contributed by atoms with van der Waals surface area (Å²) in [5.74, 6) is 0. The predicted octanol–water partition coefficient (Wildman–Crippen LogP) is 4.09. The van der Waals surface area contributed by atoms with Crippen LogP contribution < -0.4 is 4.90 Å². The number of hydrogen-bond acceptors (Lipinski definition) is 7. The number of sulfone groups is 1. The number of ether oxygens (including phenoxy) is 1. The molecule has 2 aromatic rings. The Bertz CT molecular complexity index is 1060. The van der Waals surface area contributed by atoms with Crippen LogP contribution in [0.4, 0.5) is 10.8 Å². The summed E-state index contributed by atoms with van der Waals surface area (Å²) in [5, 5.41) is 0.0783. The lowest BCUT2D eigenvalue weighted by atomic mass is 10.2. The van der Waals surface area contributed by atoms with Gasteiger partial charge in [0.2, 0.25) is 0 Å². The van der Waals surface area contributed by atoms with E-state index in [-0.39, 0.29) is 33.6 Å². The van der Waals surface area contributed by atoms with E-state index in [1.165, 1.54) is 6.07 Å². The van der Waals surface area contributed by atoms with Gasteiger partial charge in [0, 0.05) is 31.9 Å². The van der Waals surface area contributed by atoms with Gasteiger partial charge in [-0.15, -0.1) is 0 Å². The molecule has 1 amide bonds. The summed E-state index contributed by atoms with van der Waals surface area (Å²) in [5.41, 5.74) is -0.0686. The number of piperazine rings is 1. The Balaban J connectivity index is 1.91. The average Bonchev–Trinajstić information content (AvgIpc) is 2.96. The van der Waals surface area contributed by atoms with Crippen LogP contribution in [0.1, 0.15) is 27.7 Å². The third-order valence-electron chi connectivity index (χ3n) is 4.41. The average molecular weight is 509 g/mol. The molecule has 1 aromatic carbocycles. The van der Waals surface area contributed by atoms with Crippen molar-refractivity contribution in [1.29, 1.82) is 0 Å². The Morgan fingerprint density at radius 2 is 2.03 bits per heavy atom. The van der Waals surface area contributed by atoms with Gasteiger partial charge in [0.1, 0.15) is 16.0 Å². The van der Waals surface area contributed by atoms with Crippen molar-refractivity contribution in [2.75, 3.05) is 30.8 Å². The quantitative estimate of drug-likeness (QED) is 0.603. The molecule has 0 radical (unpaired) electrons. The van der Waals surface area contributed by atoms with Gasteiger partial charge < -0.3 is 19.0 Å². The van der Waals surface area contributed by atoms with Crippen molar-refractivity contribution in [3.05, 3.63) is 15.6 Å². The molecule has 1 saturated heterocycles. The second-order valence-electron chi connectivity index (χ2n) is 8.08. The van der Waals surface area contributed by atoms with Crippen molar-refractivity contribution < 1.29 is 22.4 Å². The summed E-state index contributed by atoms with van der Waals surface area (Å²) in [6.45, 7) is 8.73. The number of benzene rings is 1. The maximum absolute atomic E-state index is 12.3. The van der Waals surface area contributed by atoms with Crippen molar-refractivity contribution in [3.8, 4) is 0 Å². The molecule has 0 spiro atoms. The number of oxazole rings is 1. The van der Waals surface area contributed by atoms with Crippen LogP contribution >= 0.6 is 27.5 Å². The first-order chi connectivity index (χ1) is 13.3. The molecule has 1 fully saturated rings. The Kier molecular flexibility index (Phi) is 5.83. The number of aromatic nitrogens is 1. The predicted molar refractivity (Wildman–Crippen MR) is 114 cm³/mol. The SMILES string of the molecule is C[C@H]1CN(C(=O)OC(C)(C)C)CCN1c1nc2c(S(C)(=O)=O)c(Cl)cc(Br)c2o1. The fourth-order valence-electron chi connectivity index (χ4n) is 3.19. The molecule has 11 heteroatoms. The fourth-order valence-corrected chi connectivity index (χ4v) is 5.34. The molecule has 3 rings (SSSR count). The number of halogens is 2. The Morgan fingerprint density at radius 3 is 2.59 bits per heavy atom. The lowest BCUT2D eigenvalue weighted by Crippen LogP contribution is -2.54. The lowest BCUT2D eigenvalue weighted by Gasteiger charge is -2.39. The molecule has 8 nitrogen and oxygen atoms in total. The molecule has 1 aromatic heterocycles. The Labute approximate surface area is 183 Å². The molecule has 1 atom stereocenters. The molecular formula is C18H23BrClN3O5S. The highest BCUT2D eigenvalue weighted by Gasteiger charge is 2.33. The van der Waals surface area contributed by atoms with E-state index >= 15 is 0 Å². The van der Waals surface area contributed by atoms with E-state index in [9.17, 15) is 13.2 Å². The summed E-state index contributed by atoms with van der Waals surface area (Å²) >= 11 is 9.52. The highest BCUT2D eigenvalue weighted by atomic mass is 79.9. The van der Waals surface area contributed by atoms with Crippen LogP contribution in [0.15, 0.2) is 19.9 Å². The first kappa shape index (κ1) is 22.2. The molecule has 0 unspecified atom stereocenters. The smallest absolute Gasteiger partial charge is 0.410 e. The third-order valence-corrected chi connectivity index (χ3v) is 6.57. The number of anilines is 1. The minimum Gasteiger partial charge on any atom is -0.444 e. The van der Waals surface area contributed by atoms with Gasteiger partial charge in [-0.3, -0.25) is 0 Å². The summed E-state index contributed by atoms with van der Waals surface area (Å²) in [4.78, 5) is 20.3. The van der Waals surface area contributed by atoms with Crippen LogP contribution in [0, 0.1) is 0 Å². The number of amides is 1. The lowest BCUT2D eigenvalue weighted by molar-refractivity contribution is 0.0216. The topological polar surface area (TPSA) is 93.0 Å². The Morgan fingerprint density at radius 1 is 1.38 bits per heavy atom. The van der Waals surface area contributed by atoms with Gasteiger partial charge in [-0.1, -0.05) is 11.6 Å². The standard InChI is InChI=1S/C18H23BrClN3O5S/c1-10-9-22(17(24)28-18(2,3)4)6-7-23(10)16-21-13-14(27-16)11(19)8-12(20)15(13)29(5,25)26/h8,10H,6-7,9H2,1-5H3/t10-/m0/s1. The van der Waals surface area contributed by atoms with Crippen LogP contribution in [-0.4, -0.2) is 61.9 Å². The van der Waals surface area contributed by atoms with Gasteiger partial charge in [-0.2, -0.15) is 4.98 Å². The summed E-state index contributed by atoms with van der Waals surface area (Å²) in [6, 6.07) is 1.66. The molecule has 0 saturated carbocycles. The zero-order valence-corrected chi connectivity index (χ0v) is 20.0. The molecule has 0 bridgehead atoms. The molecular weight excluding hydrogens is 486 g/mol. The molecule has 2 heterocycles. The van der Waals surface area contributed by atoms with Crippen molar-refractivity contribution in [2.45, 2.75) is 44.2 Å². The van der Waals surface area contributed by atoms with Crippen LogP contribution in [0.5, 0.6) is 0 Å². The van der Waals surface area contributed by atoms with E-state index in [0.717, 1.165) is 6.26 Å². The van der Waals surface area contributed by atoms with Crippen LogP contribution in [0.25, 0.3) is 11.1 Å². The number of carbonyl (C=O) groups is 1. The van der Waals surface area contributed by atoms with E-state index in [2.05, 4.69) is 20.9 Å². The molecule has 29 heavy (non-hydrogen) atoms. The monoisotopic (exact) mass is 507 g/mol. The molecule has 1 aliphatic rings. The molecule has 1 aliphatic heterocycles.